The van der Waals surface area contributed by atoms with E-state index in [-0.39, 0.29) is 0 Å². The van der Waals surface area contributed by atoms with Gasteiger partial charge in [0.1, 0.15) is 0 Å². The lowest BCUT2D eigenvalue weighted by molar-refractivity contribution is 0.413. The predicted molar refractivity (Wildman–Crippen MR) is 90.2 cm³/mol. The van der Waals surface area contributed by atoms with Crippen LogP contribution in [0.25, 0.3) is 0 Å². The molecule has 4 heteroatoms. The highest BCUT2D eigenvalue weighted by molar-refractivity contribution is 7.34. The molecule has 0 N–H and O–H groups in total. The largest absolute Gasteiger partial charge is 0.805 e. The summed E-state index contributed by atoms with van der Waals surface area (Å²) in [6.07, 6.45) is 0. The van der Waals surface area contributed by atoms with Gasteiger partial charge in [0.2, 0.25) is 0 Å². The Kier molecular flexibility index (Phi) is 4.87. The van der Waals surface area contributed by atoms with Crippen LogP contribution < -0.4 is 9.05 Å². The average molecular weight is 317 g/mol. The molecule has 0 aliphatic rings. The smallest absolute Gasteiger partial charge is 0.222 e. The zero-order valence-electron chi connectivity index (χ0n) is 14.0. The molecule has 0 aliphatic carbocycles. The topological polar surface area (TPSA) is 35.5 Å². The van der Waals surface area contributed by atoms with Crippen LogP contribution in [-0.4, -0.2) is 0 Å². The van der Waals surface area contributed by atoms with E-state index < -0.39 is 8.25 Å². The highest BCUT2D eigenvalue weighted by Gasteiger charge is 2.26. The molecule has 2 rings (SSSR count). The van der Waals surface area contributed by atoms with Crippen molar-refractivity contribution in [1.82, 2.24) is 0 Å². The van der Waals surface area contributed by atoms with Gasteiger partial charge < -0.3 is 0 Å². The van der Waals surface area contributed by atoms with Crippen LogP contribution in [0, 0.1) is 41.5 Å². The lowest BCUT2D eigenvalue weighted by Gasteiger charge is -2.06. The quantitative estimate of drug-likeness (QED) is 0.683. The second kappa shape index (κ2) is 6.50. The zero-order valence-corrected chi connectivity index (χ0v) is 14.9. The molecule has 22 heavy (non-hydrogen) atoms. The normalized spacial score (nSPS) is 10.5. The van der Waals surface area contributed by atoms with Crippen molar-refractivity contribution in [3.63, 3.8) is 0 Å². The summed E-state index contributed by atoms with van der Waals surface area (Å²) >= 11 is 0. The Bertz CT molecular complexity index is 674. The number of aryl methyl sites for hydroxylation is 6. The minimum absolute atomic E-state index is 0.602. The molecule has 2 aromatic carbocycles. The third-order valence-electron chi connectivity index (χ3n) is 3.93. The lowest BCUT2D eigenvalue weighted by Crippen LogP contribution is -1.95. The van der Waals surface area contributed by atoms with Gasteiger partial charge in [0.25, 0.3) is 0 Å². The highest BCUT2D eigenvalue weighted by atomic mass is 31.1. The van der Waals surface area contributed by atoms with Gasteiger partial charge in [-0.1, -0.05) is 12.1 Å². The SMILES string of the molecule is Cc1cc(C)c(O[P+](=O)Oc2cc(C)c(C)cc2C)cc1C. The Hall–Kier alpha value is -1.86. The van der Waals surface area contributed by atoms with Crippen molar-refractivity contribution in [2.24, 2.45) is 0 Å². The Morgan fingerprint density at radius 1 is 0.591 bits per heavy atom. The molecule has 0 bridgehead atoms. The number of hydrogen-bond donors (Lipinski definition) is 0. The summed E-state index contributed by atoms with van der Waals surface area (Å²) in [6.45, 7) is 12.0. The van der Waals surface area contributed by atoms with Crippen molar-refractivity contribution in [2.45, 2.75) is 41.5 Å². The maximum absolute atomic E-state index is 12.2. The van der Waals surface area contributed by atoms with E-state index >= 15 is 0 Å². The minimum atomic E-state index is -2.26. The second-order valence-corrected chi connectivity index (χ2v) is 6.62. The molecule has 116 valence electrons. The summed E-state index contributed by atoms with van der Waals surface area (Å²) in [5.41, 5.74) is 6.48. The van der Waals surface area contributed by atoms with E-state index in [1.54, 1.807) is 0 Å². The molecule has 2 aromatic rings. The molecule has 0 radical (unpaired) electrons. The Labute approximate surface area is 133 Å². The van der Waals surface area contributed by atoms with Gasteiger partial charge in [0.15, 0.2) is 11.5 Å². The van der Waals surface area contributed by atoms with Crippen molar-refractivity contribution in [1.29, 1.82) is 0 Å². The summed E-state index contributed by atoms with van der Waals surface area (Å²) in [5.74, 6) is 1.20. The fraction of sp³-hybridized carbons (Fsp3) is 0.333. The summed E-state index contributed by atoms with van der Waals surface area (Å²) < 4.78 is 23.2. The molecule has 0 amide bonds. The van der Waals surface area contributed by atoms with Crippen LogP contribution in [0.15, 0.2) is 24.3 Å². The molecule has 0 atom stereocenters. The first-order valence-corrected chi connectivity index (χ1v) is 8.36. The van der Waals surface area contributed by atoms with Gasteiger partial charge in [-0.25, -0.2) is 9.05 Å². The fourth-order valence-electron chi connectivity index (χ4n) is 2.24. The van der Waals surface area contributed by atoms with E-state index in [9.17, 15) is 4.57 Å². The van der Waals surface area contributed by atoms with E-state index in [1.165, 1.54) is 11.1 Å². The molecule has 0 saturated heterocycles. The molecule has 0 aromatic heterocycles. The molecule has 0 fully saturated rings. The molecule has 0 heterocycles. The Balaban J connectivity index is 2.17. The number of rotatable bonds is 4. The van der Waals surface area contributed by atoms with Crippen LogP contribution in [0.3, 0.4) is 0 Å². The molecular formula is C18H22O3P+. The van der Waals surface area contributed by atoms with Gasteiger partial charge in [0, 0.05) is 4.57 Å². The first-order valence-electron chi connectivity index (χ1n) is 7.27. The van der Waals surface area contributed by atoms with Crippen LogP contribution in [-0.2, 0) is 4.57 Å². The minimum Gasteiger partial charge on any atom is -0.222 e. The van der Waals surface area contributed by atoms with E-state index in [4.69, 9.17) is 9.05 Å². The Morgan fingerprint density at radius 3 is 1.27 bits per heavy atom. The highest BCUT2D eigenvalue weighted by Crippen LogP contribution is 2.35. The summed E-state index contributed by atoms with van der Waals surface area (Å²) in [5, 5.41) is 0. The van der Waals surface area contributed by atoms with Crippen molar-refractivity contribution >= 4 is 8.25 Å². The van der Waals surface area contributed by atoms with Crippen LogP contribution in [0.4, 0.5) is 0 Å². The van der Waals surface area contributed by atoms with Crippen LogP contribution >= 0.6 is 8.25 Å². The van der Waals surface area contributed by atoms with Crippen molar-refractivity contribution < 1.29 is 13.6 Å². The Morgan fingerprint density at radius 2 is 0.909 bits per heavy atom. The molecular weight excluding hydrogens is 295 g/mol. The maximum Gasteiger partial charge on any atom is 0.805 e. The van der Waals surface area contributed by atoms with Crippen LogP contribution in [0.1, 0.15) is 33.4 Å². The van der Waals surface area contributed by atoms with Gasteiger partial charge in [0.05, 0.1) is 0 Å². The van der Waals surface area contributed by atoms with Gasteiger partial charge >= 0.3 is 8.25 Å². The number of benzene rings is 2. The van der Waals surface area contributed by atoms with Crippen LogP contribution in [0.2, 0.25) is 0 Å². The van der Waals surface area contributed by atoms with E-state index in [1.807, 2.05) is 65.8 Å². The predicted octanol–water partition coefficient (Wildman–Crippen LogP) is 5.65. The van der Waals surface area contributed by atoms with Crippen molar-refractivity contribution in [3.8, 4) is 11.5 Å². The van der Waals surface area contributed by atoms with Gasteiger partial charge in [-0.2, -0.15) is 0 Å². The van der Waals surface area contributed by atoms with Crippen molar-refractivity contribution in [3.05, 3.63) is 57.6 Å². The second-order valence-electron chi connectivity index (χ2n) is 5.81. The number of hydrogen-bond acceptors (Lipinski definition) is 3. The van der Waals surface area contributed by atoms with E-state index in [0.717, 1.165) is 22.3 Å². The monoisotopic (exact) mass is 317 g/mol. The van der Waals surface area contributed by atoms with Gasteiger partial charge in [-0.3, -0.25) is 0 Å². The third-order valence-corrected chi connectivity index (χ3v) is 4.62. The lowest BCUT2D eigenvalue weighted by atomic mass is 10.1. The molecule has 0 aliphatic heterocycles. The summed E-state index contributed by atoms with van der Waals surface area (Å²) in [4.78, 5) is 0. The maximum atomic E-state index is 12.2. The average Bonchev–Trinajstić information content (AvgIpc) is 2.42. The standard InChI is InChI=1S/C18H22O3P/c1-11-7-15(5)17(9-13(11)3)20-22(19)21-18-10-14(4)12(2)8-16(18)6/h7-10H,1-6H3/q+1. The van der Waals surface area contributed by atoms with E-state index in [2.05, 4.69) is 0 Å². The van der Waals surface area contributed by atoms with Gasteiger partial charge in [-0.15, -0.1) is 0 Å². The van der Waals surface area contributed by atoms with Crippen molar-refractivity contribution in [2.75, 3.05) is 0 Å². The fourth-order valence-corrected chi connectivity index (χ4v) is 3.00. The molecule has 0 spiro atoms. The van der Waals surface area contributed by atoms with Gasteiger partial charge in [-0.05, 0) is 87.1 Å². The molecule has 0 unspecified atom stereocenters. The van der Waals surface area contributed by atoms with E-state index in [0.29, 0.717) is 11.5 Å². The zero-order chi connectivity index (χ0) is 16.4. The first kappa shape index (κ1) is 16.5. The molecule has 0 saturated carbocycles. The van der Waals surface area contributed by atoms with Crippen LogP contribution in [0.5, 0.6) is 11.5 Å². The summed E-state index contributed by atoms with van der Waals surface area (Å²) in [6, 6.07) is 7.84. The summed E-state index contributed by atoms with van der Waals surface area (Å²) in [7, 11) is -2.26. The first-order chi connectivity index (χ1) is 10.3. The molecule has 3 nitrogen and oxygen atoms in total. The third kappa shape index (κ3) is 3.66.